The van der Waals surface area contributed by atoms with Gasteiger partial charge in [0.2, 0.25) is 17.6 Å². The normalized spacial score (nSPS) is 13.1. The van der Waals surface area contributed by atoms with Crippen molar-refractivity contribution >= 4 is 5.91 Å². The number of nitrogens with one attached hydrogen (secondary N) is 1. The molecule has 2 rings (SSSR count). The highest BCUT2D eigenvalue weighted by Crippen LogP contribution is 2.23. The van der Waals surface area contributed by atoms with Crippen LogP contribution in [0.2, 0.25) is 0 Å². The number of amides is 1. The van der Waals surface area contributed by atoms with Crippen molar-refractivity contribution < 1.29 is 13.7 Å². The fraction of sp³-hybridized carbons (Fsp3) is 0.500. The van der Waals surface area contributed by atoms with Crippen LogP contribution in [0.15, 0.2) is 22.7 Å². The fourth-order valence-corrected chi connectivity index (χ4v) is 2.26. The molecule has 1 amide bonds. The summed E-state index contributed by atoms with van der Waals surface area (Å²) in [6.45, 7) is 9.56. The first kappa shape index (κ1) is 19.1. The molecule has 1 heterocycles. The number of carbonyl (C=O) groups excluding carboxylic acids is 1. The van der Waals surface area contributed by atoms with Gasteiger partial charge in [0.1, 0.15) is 5.82 Å². The second kappa shape index (κ2) is 7.31. The van der Waals surface area contributed by atoms with Gasteiger partial charge in [0.25, 0.3) is 0 Å². The van der Waals surface area contributed by atoms with Gasteiger partial charge in [0.15, 0.2) is 0 Å². The number of carbonyl (C=O) groups is 1. The molecule has 1 atom stereocenters. The molecule has 25 heavy (non-hydrogen) atoms. The third-order valence-corrected chi connectivity index (χ3v) is 3.80. The lowest BCUT2D eigenvalue weighted by molar-refractivity contribution is -0.123. The first-order chi connectivity index (χ1) is 11.6. The average molecular weight is 348 g/mol. The van der Waals surface area contributed by atoms with Crippen molar-refractivity contribution in [3.63, 3.8) is 0 Å². The van der Waals surface area contributed by atoms with E-state index in [1.54, 1.807) is 19.1 Å². The molecule has 2 aromatic rings. The van der Waals surface area contributed by atoms with Crippen molar-refractivity contribution in [2.45, 2.75) is 46.2 Å². The topological polar surface area (TPSA) is 71.3 Å². The molecule has 0 spiro atoms. The van der Waals surface area contributed by atoms with Crippen LogP contribution < -0.4 is 5.32 Å². The molecule has 1 aromatic heterocycles. The second-order valence-corrected chi connectivity index (χ2v) is 7.31. The summed E-state index contributed by atoms with van der Waals surface area (Å²) in [4.78, 5) is 18.2. The number of halogens is 1. The minimum Gasteiger partial charge on any atom is -0.350 e. The fourth-order valence-electron chi connectivity index (χ4n) is 2.26. The molecule has 1 N–H and O–H groups in total. The lowest BCUT2D eigenvalue weighted by Gasteiger charge is -2.25. The van der Waals surface area contributed by atoms with E-state index in [1.807, 2.05) is 39.6 Å². The van der Waals surface area contributed by atoms with Gasteiger partial charge in [-0.25, -0.2) is 4.39 Å². The van der Waals surface area contributed by atoms with Crippen molar-refractivity contribution in [2.24, 2.45) is 0 Å². The molecule has 136 valence electrons. The van der Waals surface area contributed by atoms with Crippen LogP contribution in [0.4, 0.5) is 4.39 Å². The van der Waals surface area contributed by atoms with Crippen molar-refractivity contribution in [3.05, 3.63) is 35.5 Å². The Morgan fingerprint density at radius 2 is 2.08 bits per heavy atom. The molecule has 0 bridgehead atoms. The van der Waals surface area contributed by atoms with Crippen LogP contribution in [0, 0.1) is 12.7 Å². The summed E-state index contributed by atoms with van der Waals surface area (Å²) in [6, 6.07) is 4.56. The number of likely N-dealkylation sites (N-methyl/N-ethyl adjacent to an activating group) is 1. The first-order valence-corrected chi connectivity index (χ1v) is 8.18. The van der Waals surface area contributed by atoms with Gasteiger partial charge in [-0.3, -0.25) is 9.69 Å². The van der Waals surface area contributed by atoms with E-state index in [4.69, 9.17) is 4.52 Å². The number of benzene rings is 1. The SMILES string of the molecule is Cc1ccc(-c2noc([C@H](C)N(C)CC(=O)NC(C)(C)C)n2)cc1F. The number of nitrogens with zero attached hydrogens (tertiary/aromatic N) is 3. The average Bonchev–Trinajstić information content (AvgIpc) is 2.97. The van der Waals surface area contributed by atoms with E-state index in [1.165, 1.54) is 6.07 Å². The Bertz CT molecular complexity index is 752. The van der Waals surface area contributed by atoms with Crippen molar-refractivity contribution in [3.8, 4) is 11.4 Å². The zero-order valence-corrected chi connectivity index (χ0v) is 15.6. The summed E-state index contributed by atoms with van der Waals surface area (Å²) < 4.78 is 19.0. The van der Waals surface area contributed by atoms with Crippen LogP contribution in [0.5, 0.6) is 0 Å². The van der Waals surface area contributed by atoms with E-state index in [0.717, 1.165) is 0 Å². The van der Waals surface area contributed by atoms with Crippen molar-refractivity contribution in [2.75, 3.05) is 13.6 Å². The maximum atomic E-state index is 13.7. The Morgan fingerprint density at radius 1 is 1.40 bits per heavy atom. The summed E-state index contributed by atoms with van der Waals surface area (Å²) in [5.41, 5.74) is 0.831. The summed E-state index contributed by atoms with van der Waals surface area (Å²) in [5, 5.41) is 6.83. The standard InChI is InChI=1S/C18H25FN4O2/c1-11-7-8-13(9-14(11)19)16-20-17(25-22-16)12(2)23(6)10-15(24)21-18(3,4)5/h7-9,12H,10H2,1-6H3,(H,21,24)/t12-/m0/s1. The lowest BCUT2D eigenvalue weighted by Crippen LogP contribution is -2.45. The van der Waals surface area contributed by atoms with Crippen molar-refractivity contribution in [1.82, 2.24) is 20.4 Å². The predicted molar refractivity (Wildman–Crippen MR) is 93.4 cm³/mol. The monoisotopic (exact) mass is 348 g/mol. The van der Waals surface area contributed by atoms with E-state index in [0.29, 0.717) is 22.8 Å². The molecule has 0 aliphatic heterocycles. The smallest absolute Gasteiger partial charge is 0.244 e. The predicted octanol–water partition coefficient (Wildman–Crippen LogP) is 3.09. The van der Waals surface area contributed by atoms with Crippen LogP contribution in [0.1, 0.15) is 45.2 Å². The van der Waals surface area contributed by atoms with Crippen LogP contribution in [-0.4, -0.2) is 40.1 Å². The maximum absolute atomic E-state index is 13.7. The van der Waals surface area contributed by atoms with Crippen LogP contribution in [0.25, 0.3) is 11.4 Å². The molecule has 0 fully saturated rings. The largest absolute Gasteiger partial charge is 0.350 e. The van der Waals surface area contributed by atoms with Crippen LogP contribution in [0.3, 0.4) is 0 Å². The van der Waals surface area contributed by atoms with Gasteiger partial charge in [-0.15, -0.1) is 0 Å². The molecule has 0 radical (unpaired) electrons. The Kier molecular flexibility index (Phi) is 5.57. The van der Waals surface area contributed by atoms with E-state index < -0.39 is 0 Å². The third kappa shape index (κ3) is 5.09. The molecule has 7 heteroatoms. The number of hydrogen-bond donors (Lipinski definition) is 1. The van der Waals surface area contributed by atoms with E-state index in [2.05, 4.69) is 15.5 Å². The Hall–Kier alpha value is -2.28. The molecule has 0 aliphatic rings. The van der Waals surface area contributed by atoms with Gasteiger partial charge in [-0.1, -0.05) is 17.3 Å². The molecule has 0 saturated heterocycles. The Balaban J connectivity index is 2.07. The molecule has 0 aliphatic carbocycles. The van der Waals surface area contributed by atoms with Gasteiger partial charge in [0, 0.05) is 11.1 Å². The Morgan fingerprint density at radius 3 is 2.68 bits per heavy atom. The van der Waals surface area contributed by atoms with E-state index >= 15 is 0 Å². The molecular formula is C18H25FN4O2. The third-order valence-electron chi connectivity index (χ3n) is 3.80. The minimum atomic E-state index is -0.312. The summed E-state index contributed by atoms with van der Waals surface area (Å²) >= 11 is 0. The minimum absolute atomic E-state index is 0.0813. The number of rotatable bonds is 5. The molecular weight excluding hydrogens is 323 g/mol. The van der Waals surface area contributed by atoms with Crippen LogP contribution in [-0.2, 0) is 4.79 Å². The van der Waals surface area contributed by atoms with Crippen LogP contribution >= 0.6 is 0 Å². The van der Waals surface area contributed by atoms with Gasteiger partial charge >= 0.3 is 0 Å². The summed E-state index contributed by atoms with van der Waals surface area (Å²) in [6.07, 6.45) is 0. The van der Waals surface area contributed by atoms with E-state index in [-0.39, 0.29) is 29.8 Å². The second-order valence-electron chi connectivity index (χ2n) is 7.31. The highest BCUT2D eigenvalue weighted by atomic mass is 19.1. The lowest BCUT2D eigenvalue weighted by atomic mass is 10.1. The highest BCUT2D eigenvalue weighted by Gasteiger charge is 2.23. The van der Waals surface area contributed by atoms with Crippen molar-refractivity contribution in [1.29, 1.82) is 0 Å². The van der Waals surface area contributed by atoms with E-state index in [9.17, 15) is 9.18 Å². The first-order valence-electron chi connectivity index (χ1n) is 8.18. The summed E-state index contributed by atoms with van der Waals surface area (Å²) in [7, 11) is 1.81. The van der Waals surface area contributed by atoms with Gasteiger partial charge < -0.3 is 9.84 Å². The van der Waals surface area contributed by atoms with Gasteiger partial charge in [-0.05, 0) is 53.3 Å². The van der Waals surface area contributed by atoms with Gasteiger partial charge in [0.05, 0.1) is 12.6 Å². The molecule has 0 unspecified atom stereocenters. The number of aromatic nitrogens is 2. The maximum Gasteiger partial charge on any atom is 0.244 e. The molecule has 6 nitrogen and oxygen atoms in total. The number of aryl methyl sites for hydroxylation is 1. The Labute approximate surface area is 147 Å². The highest BCUT2D eigenvalue weighted by molar-refractivity contribution is 5.78. The molecule has 1 aromatic carbocycles. The molecule has 0 saturated carbocycles. The quantitative estimate of drug-likeness (QED) is 0.899. The zero-order valence-electron chi connectivity index (χ0n) is 15.6. The van der Waals surface area contributed by atoms with Gasteiger partial charge in [-0.2, -0.15) is 4.98 Å². The number of hydrogen-bond acceptors (Lipinski definition) is 5. The zero-order chi connectivity index (χ0) is 18.8. The summed E-state index contributed by atoms with van der Waals surface area (Å²) in [5.74, 6) is 0.311.